The van der Waals surface area contributed by atoms with E-state index in [4.69, 9.17) is 14.2 Å². The second-order valence-corrected chi connectivity index (χ2v) is 8.57. The lowest BCUT2D eigenvalue weighted by Gasteiger charge is -2.29. The van der Waals surface area contributed by atoms with E-state index >= 15 is 0 Å². The molecule has 164 valence electrons. The molecule has 0 fully saturated rings. The molecule has 2 N–H and O–H groups in total. The van der Waals surface area contributed by atoms with Crippen LogP contribution in [0.3, 0.4) is 0 Å². The molecule has 0 spiro atoms. The molecule has 5 nitrogen and oxygen atoms in total. The van der Waals surface area contributed by atoms with Gasteiger partial charge in [0.1, 0.15) is 23.4 Å². The molecule has 0 amide bonds. The van der Waals surface area contributed by atoms with Crippen LogP contribution in [0.1, 0.15) is 62.3 Å². The predicted molar refractivity (Wildman–Crippen MR) is 120 cm³/mol. The third kappa shape index (κ3) is 4.09. The van der Waals surface area contributed by atoms with E-state index in [1.54, 1.807) is 12.1 Å². The van der Waals surface area contributed by atoms with Crippen molar-refractivity contribution in [3.8, 4) is 28.7 Å². The zero-order chi connectivity index (χ0) is 22.1. The molecule has 0 aliphatic carbocycles. The van der Waals surface area contributed by atoms with Gasteiger partial charge in [-0.15, -0.1) is 0 Å². The van der Waals surface area contributed by atoms with Gasteiger partial charge in [0.05, 0.1) is 19.6 Å². The number of hydrogen-bond donors (Lipinski definition) is 2. The lowest BCUT2D eigenvalue weighted by atomic mass is 9.87. The topological polar surface area (TPSA) is 68.2 Å². The number of aromatic hydroxyl groups is 2. The SMILES string of the molecule is COc1cc2c(cc1O)OC1c3ccc(O)c(CC=C(C)CCC=C(C)C)c3OCC21. The van der Waals surface area contributed by atoms with Crippen LogP contribution in [-0.4, -0.2) is 23.9 Å². The quantitative estimate of drug-likeness (QED) is 0.563. The number of phenolic OH excluding ortho intramolecular Hbond substituents is 2. The zero-order valence-corrected chi connectivity index (χ0v) is 18.6. The number of methoxy groups -OCH3 is 1. The first-order valence-corrected chi connectivity index (χ1v) is 10.7. The maximum atomic E-state index is 10.5. The van der Waals surface area contributed by atoms with Gasteiger partial charge in [-0.25, -0.2) is 0 Å². The maximum Gasteiger partial charge on any atom is 0.161 e. The van der Waals surface area contributed by atoms with E-state index in [1.807, 2.05) is 12.1 Å². The van der Waals surface area contributed by atoms with E-state index in [9.17, 15) is 10.2 Å². The van der Waals surface area contributed by atoms with Crippen LogP contribution in [-0.2, 0) is 6.42 Å². The summed E-state index contributed by atoms with van der Waals surface area (Å²) in [5.74, 6) is 2.08. The third-order valence-corrected chi connectivity index (χ3v) is 6.06. The molecular weight excluding hydrogens is 392 g/mol. The average molecular weight is 423 g/mol. The lowest BCUT2D eigenvalue weighted by molar-refractivity contribution is 0.138. The van der Waals surface area contributed by atoms with Gasteiger partial charge < -0.3 is 24.4 Å². The van der Waals surface area contributed by atoms with E-state index in [2.05, 4.69) is 32.9 Å². The Balaban J connectivity index is 1.60. The summed E-state index contributed by atoms with van der Waals surface area (Å²) in [6.07, 6.45) is 6.81. The van der Waals surface area contributed by atoms with Gasteiger partial charge in [-0.3, -0.25) is 0 Å². The summed E-state index contributed by atoms with van der Waals surface area (Å²) in [6.45, 7) is 6.79. The Bertz CT molecular complexity index is 1050. The molecule has 5 heteroatoms. The van der Waals surface area contributed by atoms with Gasteiger partial charge in [-0.05, 0) is 58.2 Å². The molecule has 2 aromatic carbocycles. The minimum absolute atomic E-state index is 0.00995. The molecule has 2 atom stereocenters. The van der Waals surface area contributed by atoms with E-state index in [0.29, 0.717) is 30.3 Å². The Labute approximate surface area is 183 Å². The minimum atomic E-state index is -0.215. The molecule has 31 heavy (non-hydrogen) atoms. The number of rotatable bonds is 6. The Morgan fingerprint density at radius 1 is 1.10 bits per heavy atom. The third-order valence-electron chi connectivity index (χ3n) is 6.06. The van der Waals surface area contributed by atoms with Crippen LogP contribution in [0, 0.1) is 0 Å². The van der Waals surface area contributed by atoms with Gasteiger partial charge in [0.25, 0.3) is 0 Å². The molecule has 0 radical (unpaired) electrons. The van der Waals surface area contributed by atoms with Gasteiger partial charge in [0.15, 0.2) is 11.5 Å². The summed E-state index contributed by atoms with van der Waals surface area (Å²) in [5.41, 5.74) is 5.30. The van der Waals surface area contributed by atoms with Crippen molar-refractivity contribution in [1.82, 2.24) is 0 Å². The van der Waals surface area contributed by atoms with Crippen LogP contribution in [0.15, 0.2) is 47.6 Å². The second-order valence-electron chi connectivity index (χ2n) is 8.57. The van der Waals surface area contributed by atoms with Crippen LogP contribution in [0.4, 0.5) is 0 Å². The summed E-state index contributed by atoms with van der Waals surface area (Å²) in [4.78, 5) is 0. The molecule has 2 aliphatic heterocycles. The van der Waals surface area contributed by atoms with Gasteiger partial charge in [-0.2, -0.15) is 0 Å². The smallest absolute Gasteiger partial charge is 0.161 e. The highest BCUT2D eigenvalue weighted by Gasteiger charge is 2.42. The van der Waals surface area contributed by atoms with Crippen LogP contribution in [0.25, 0.3) is 0 Å². The van der Waals surface area contributed by atoms with Crippen LogP contribution in [0.5, 0.6) is 28.7 Å². The van der Waals surface area contributed by atoms with Crippen molar-refractivity contribution in [2.75, 3.05) is 13.7 Å². The Kier molecular flexibility index (Phi) is 5.86. The van der Waals surface area contributed by atoms with Crippen LogP contribution >= 0.6 is 0 Å². The first-order valence-electron chi connectivity index (χ1n) is 10.7. The van der Waals surface area contributed by atoms with Gasteiger partial charge in [-0.1, -0.05) is 23.3 Å². The summed E-state index contributed by atoms with van der Waals surface area (Å²) in [7, 11) is 1.53. The Hall–Kier alpha value is -3.08. The first-order chi connectivity index (χ1) is 14.9. The molecule has 0 saturated carbocycles. The maximum absolute atomic E-state index is 10.5. The van der Waals surface area contributed by atoms with E-state index in [0.717, 1.165) is 29.5 Å². The fourth-order valence-corrected chi connectivity index (χ4v) is 4.33. The molecule has 4 rings (SSSR count). The molecule has 0 bridgehead atoms. The number of phenols is 2. The van der Waals surface area contributed by atoms with Crippen molar-refractivity contribution < 1.29 is 24.4 Å². The van der Waals surface area contributed by atoms with Crippen molar-refractivity contribution >= 4 is 0 Å². The average Bonchev–Trinajstić information content (AvgIpc) is 3.09. The summed E-state index contributed by atoms with van der Waals surface area (Å²) >= 11 is 0. The van der Waals surface area contributed by atoms with Crippen LogP contribution < -0.4 is 14.2 Å². The van der Waals surface area contributed by atoms with Gasteiger partial charge in [0, 0.05) is 22.8 Å². The summed E-state index contributed by atoms with van der Waals surface area (Å²) in [5, 5.41) is 20.7. The Morgan fingerprint density at radius 3 is 2.65 bits per heavy atom. The fraction of sp³-hybridized carbons (Fsp3) is 0.385. The largest absolute Gasteiger partial charge is 0.508 e. The second kappa shape index (κ2) is 8.58. The highest BCUT2D eigenvalue weighted by Crippen LogP contribution is 2.54. The monoisotopic (exact) mass is 422 g/mol. The molecule has 2 unspecified atom stereocenters. The lowest BCUT2D eigenvalue weighted by Crippen LogP contribution is -2.24. The number of benzene rings is 2. The van der Waals surface area contributed by atoms with Crippen molar-refractivity contribution in [2.45, 2.75) is 52.1 Å². The number of hydrogen-bond acceptors (Lipinski definition) is 5. The highest BCUT2D eigenvalue weighted by molar-refractivity contribution is 5.59. The highest BCUT2D eigenvalue weighted by atomic mass is 16.5. The molecule has 2 aromatic rings. The van der Waals surface area contributed by atoms with E-state index in [-0.39, 0.29) is 23.5 Å². The zero-order valence-electron chi connectivity index (χ0n) is 18.6. The molecule has 0 aromatic heterocycles. The molecule has 2 heterocycles. The normalized spacial score (nSPS) is 18.9. The number of allylic oxidation sites excluding steroid dienone is 4. The first kappa shape index (κ1) is 21.2. The minimum Gasteiger partial charge on any atom is -0.508 e. The van der Waals surface area contributed by atoms with Crippen molar-refractivity contribution in [3.05, 3.63) is 64.3 Å². The number of fused-ring (bicyclic) bond motifs is 5. The number of ether oxygens (including phenoxy) is 3. The predicted octanol–water partition coefficient (Wildman–Crippen LogP) is 5.95. The molecular formula is C26H30O5. The standard InChI is InChI=1S/C26H30O5/c1-15(2)6-5-7-16(3)8-9-17-21(27)11-10-18-25(17)30-14-20-19-12-24(29-4)22(28)13-23(19)31-26(18)20/h6,8,10-13,20,26-28H,5,7,9,14H2,1-4H3. The van der Waals surface area contributed by atoms with Crippen molar-refractivity contribution in [1.29, 1.82) is 0 Å². The summed E-state index contributed by atoms with van der Waals surface area (Å²) in [6, 6.07) is 7.02. The molecule has 2 aliphatic rings. The Morgan fingerprint density at radius 2 is 1.90 bits per heavy atom. The fourth-order valence-electron chi connectivity index (χ4n) is 4.33. The van der Waals surface area contributed by atoms with E-state index < -0.39 is 0 Å². The van der Waals surface area contributed by atoms with Crippen LogP contribution in [0.2, 0.25) is 0 Å². The van der Waals surface area contributed by atoms with Crippen molar-refractivity contribution in [3.63, 3.8) is 0 Å². The van der Waals surface area contributed by atoms with Gasteiger partial charge >= 0.3 is 0 Å². The summed E-state index contributed by atoms with van der Waals surface area (Å²) < 4.78 is 17.6. The van der Waals surface area contributed by atoms with Crippen molar-refractivity contribution in [2.24, 2.45) is 0 Å². The molecule has 0 saturated heterocycles. The van der Waals surface area contributed by atoms with E-state index in [1.165, 1.54) is 18.3 Å². The van der Waals surface area contributed by atoms with Gasteiger partial charge in [0.2, 0.25) is 0 Å².